The molecule has 0 fully saturated rings. The lowest BCUT2D eigenvalue weighted by Gasteiger charge is -2.05. The van der Waals surface area contributed by atoms with Crippen LogP contribution in [0, 0.1) is 0 Å². The third-order valence-corrected chi connectivity index (χ3v) is 2.27. The van der Waals surface area contributed by atoms with E-state index >= 15 is 0 Å². The van der Waals surface area contributed by atoms with E-state index in [2.05, 4.69) is 25.5 Å². The van der Waals surface area contributed by atoms with Crippen molar-refractivity contribution in [1.82, 2.24) is 20.2 Å². The van der Waals surface area contributed by atoms with Gasteiger partial charge in [0.1, 0.15) is 16.8 Å². The first-order valence-electron chi connectivity index (χ1n) is 5.03. The van der Waals surface area contributed by atoms with Crippen LogP contribution in [0.25, 0.3) is 0 Å². The molecule has 0 aromatic carbocycles. The van der Waals surface area contributed by atoms with E-state index in [0.717, 1.165) is 23.8 Å². The van der Waals surface area contributed by atoms with E-state index in [1.165, 1.54) is 0 Å². The molecule has 0 aliphatic heterocycles. The highest BCUT2D eigenvalue weighted by molar-refractivity contribution is 6.29. The van der Waals surface area contributed by atoms with Gasteiger partial charge in [-0.2, -0.15) is 5.10 Å². The van der Waals surface area contributed by atoms with Crippen LogP contribution >= 0.6 is 11.6 Å². The Morgan fingerprint density at radius 1 is 1.44 bits per heavy atom. The number of rotatable bonds is 4. The zero-order valence-electron chi connectivity index (χ0n) is 8.87. The topological polar surface area (TPSA) is 66.5 Å². The lowest BCUT2D eigenvalue weighted by molar-refractivity contribution is 0.922. The molecule has 0 radical (unpaired) electrons. The third-order valence-electron chi connectivity index (χ3n) is 2.08. The Morgan fingerprint density at radius 2 is 2.31 bits per heavy atom. The van der Waals surface area contributed by atoms with Gasteiger partial charge >= 0.3 is 0 Å². The first kappa shape index (κ1) is 10.9. The lowest BCUT2D eigenvalue weighted by atomic mass is 10.4. The summed E-state index contributed by atoms with van der Waals surface area (Å²) in [7, 11) is 0. The van der Waals surface area contributed by atoms with E-state index in [4.69, 9.17) is 11.6 Å². The smallest absolute Gasteiger partial charge is 0.134 e. The van der Waals surface area contributed by atoms with Gasteiger partial charge in [-0.15, -0.1) is 0 Å². The van der Waals surface area contributed by atoms with Crippen LogP contribution in [0.4, 0.5) is 5.82 Å². The molecule has 2 heterocycles. The van der Waals surface area contributed by atoms with Gasteiger partial charge in [0.05, 0.1) is 12.2 Å². The molecule has 0 amide bonds. The second kappa shape index (κ2) is 4.94. The summed E-state index contributed by atoms with van der Waals surface area (Å²) in [6, 6.07) is 3.60. The van der Waals surface area contributed by atoms with Crippen LogP contribution in [0.5, 0.6) is 0 Å². The highest BCUT2D eigenvalue weighted by atomic mass is 35.5. The number of aromatic nitrogens is 4. The molecule has 0 aliphatic carbocycles. The van der Waals surface area contributed by atoms with Crippen molar-refractivity contribution in [3.05, 3.63) is 35.0 Å². The first-order valence-corrected chi connectivity index (χ1v) is 5.41. The molecule has 2 rings (SSSR count). The minimum Gasteiger partial charge on any atom is -0.364 e. The van der Waals surface area contributed by atoms with E-state index < -0.39 is 0 Å². The monoisotopic (exact) mass is 237 g/mol. The average Bonchev–Trinajstić information content (AvgIpc) is 2.78. The number of nitrogens with zero attached hydrogens (tertiary/aromatic N) is 3. The molecule has 2 N–H and O–H groups in total. The van der Waals surface area contributed by atoms with E-state index in [1.807, 2.05) is 13.0 Å². The van der Waals surface area contributed by atoms with Gasteiger partial charge < -0.3 is 5.32 Å². The third kappa shape index (κ3) is 2.70. The van der Waals surface area contributed by atoms with Gasteiger partial charge in [0.25, 0.3) is 0 Å². The molecule has 0 bridgehead atoms. The minimum atomic E-state index is 0.457. The largest absolute Gasteiger partial charge is 0.364 e. The molecule has 0 unspecified atom stereocenters. The van der Waals surface area contributed by atoms with E-state index in [-0.39, 0.29) is 0 Å². The normalized spacial score (nSPS) is 10.4. The molecule has 2 aromatic heterocycles. The maximum atomic E-state index is 5.88. The number of halogens is 1. The van der Waals surface area contributed by atoms with Crippen LogP contribution in [0.1, 0.15) is 18.4 Å². The Bertz CT molecular complexity index is 454. The molecule has 0 saturated heterocycles. The van der Waals surface area contributed by atoms with E-state index in [0.29, 0.717) is 11.7 Å². The highest BCUT2D eigenvalue weighted by Gasteiger charge is 2.01. The van der Waals surface area contributed by atoms with Crippen LogP contribution in [-0.4, -0.2) is 20.2 Å². The summed E-state index contributed by atoms with van der Waals surface area (Å²) >= 11 is 5.88. The van der Waals surface area contributed by atoms with Gasteiger partial charge in [0, 0.05) is 18.7 Å². The predicted octanol–water partition coefficient (Wildman–Crippen LogP) is 2.03. The summed E-state index contributed by atoms with van der Waals surface area (Å²) < 4.78 is 0. The molecule has 16 heavy (non-hydrogen) atoms. The zero-order valence-corrected chi connectivity index (χ0v) is 9.62. The standard InChI is InChI=1S/C10H12ClN5/c1-2-9-14-8(11)5-10(15-9)12-6-7-3-4-13-16-7/h3-5H,2,6H2,1H3,(H,13,16)(H,12,14,15). The Balaban J connectivity index is 2.06. The van der Waals surface area contributed by atoms with Crippen molar-refractivity contribution < 1.29 is 0 Å². The lowest BCUT2D eigenvalue weighted by Crippen LogP contribution is -2.04. The van der Waals surface area contributed by atoms with Crippen molar-refractivity contribution in [3.8, 4) is 0 Å². The molecule has 6 heteroatoms. The summed E-state index contributed by atoms with van der Waals surface area (Å²) in [5.74, 6) is 1.46. The van der Waals surface area contributed by atoms with Crippen molar-refractivity contribution >= 4 is 17.4 Å². The van der Waals surface area contributed by atoms with Crippen molar-refractivity contribution in [3.63, 3.8) is 0 Å². The number of hydrogen-bond donors (Lipinski definition) is 2. The van der Waals surface area contributed by atoms with Gasteiger partial charge in [-0.1, -0.05) is 18.5 Å². The summed E-state index contributed by atoms with van der Waals surface area (Å²) in [5, 5.41) is 10.3. The molecular weight excluding hydrogens is 226 g/mol. The van der Waals surface area contributed by atoms with Crippen molar-refractivity contribution in [2.45, 2.75) is 19.9 Å². The quantitative estimate of drug-likeness (QED) is 0.799. The van der Waals surface area contributed by atoms with Crippen LogP contribution < -0.4 is 5.32 Å². The fourth-order valence-electron chi connectivity index (χ4n) is 1.28. The summed E-state index contributed by atoms with van der Waals surface area (Å²) in [5.41, 5.74) is 0.993. The fraction of sp³-hybridized carbons (Fsp3) is 0.300. The van der Waals surface area contributed by atoms with Gasteiger partial charge in [-0.05, 0) is 6.07 Å². The number of aromatic amines is 1. The van der Waals surface area contributed by atoms with Gasteiger partial charge in [0.15, 0.2) is 0 Å². The van der Waals surface area contributed by atoms with Gasteiger partial charge in [0.2, 0.25) is 0 Å². The zero-order chi connectivity index (χ0) is 11.4. The number of H-pyrrole nitrogens is 1. The fourth-order valence-corrected chi connectivity index (χ4v) is 1.48. The Hall–Kier alpha value is -1.62. The Kier molecular flexibility index (Phi) is 3.36. The number of aryl methyl sites for hydroxylation is 1. The van der Waals surface area contributed by atoms with Crippen molar-refractivity contribution in [2.24, 2.45) is 0 Å². The second-order valence-corrected chi connectivity index (χ2v) is 3.67. The van der Waals surface area contributed by atoms with Crippen molar-refractivity contribution in [2.75, 3.05) is 5.32 Å². The minimum absolute atomic E-state index is 0.457. The van der Waals surface area contributed by atoms with Gasteiger partial charge in [-0.3, -0.25) is 5.10 Å². The van der Waals surface area contributed by atoms with E-state index in [9.17, 15) is 0 Å². The number of nitrogens with one attached hydrogen (secondary N) is 2. The van der Waals surface area contributed by atoms with Crippen LogP contribution in [-0.2, 0) is 13.0 Å². The molecule has 0 aliphatic rings. The first-order chi connectivity index (χ1) is 7.78. The highest BCUT2D eigenvalue weighted by Crippen LogP contribution is 2.12. The predicted molar refractivity (Wildman–Crippen MR) is 62.3 cm³/mol. The molecular formula is C10H12ClN5. The number of anilines is 1. The van der Waals surface area contributed by atoms with Crippen LogP contribution in [0.3, 0.4) is 0 Å². The van der Waals surface area contributed by atoms with Crippen molar-refractivity contribution in [1.29, 1.82) is 0 Å². The van der Waals surface area contributed by atoms with Gasteiger partial charge in [-0.25, -0.2) is 9.97 Å². The average molecular weight is 238 g/mol. The Morgan fingerprint density at radius 3 is 3.00 bits per heavy atom. The molecule has 84 valence electrons. The second-order valence-electron chi connectivity index (χ2n) is 3.28. The molecule has 5 nitrogen and oxygen atoms in total. The number of hydrogen-bond acceptors (Lipinski definition) is 4. The molecule has 0 saturated carbocycles. The maximum Gasteiger partial charge on any atom is 0.134 e. The molecule has 2 aromatic rings. The summed E-state index contributed by atoms with van der Waals surface area (Å²) in [4.78, 5) is 8.40. The summed E-state index contributed by atoms with van der Waals surface area (Å²) in [6.07, 6.45) is 2.47. The maximum absolute atomic E-state index is 5.88. The van der Waals surface area contributed by atoms with Crippen LogP contribution in [0.2, 0.25) is 5.15 Å². The molecule has 0 spiro atoms. The SMILES string of the molecule is CCc1nc(Cl)cc(NCc2ccn[nH]2)n1. The molecule has 0 atom stereocenters. The van der Waals surface area contributed by atoms with E-state index in [1.54, 1.807) is 12.3 Å². The Labute approximate surface area is 98.3 Å². The summed E-state index contributed by atoms with van der Waals surface area (Å²) in [6.45, 7) is 2.63. The van der Waals surface area contributed by atoms with Crippen LogP contribution in [0.15, 0.2) is 18.3 Å².